The van der Waals surface area contributed by atoms with Crippen LogP contribution in [0.1, 0.15) is 0 Å². The van der Waals surface area contributed by atoms with Gasteiger partial charge in [-0.3, -0.25) is 9.59 Å². The number of carbonyl (C=O) groups is 1. The Labute approximate surface area is 41.6 Å². The molecule has 0 atom stereocenters. The quantitative estimate of drug-likeness (QED) is 0.491. The van der Waals surface area contributed by atoms with Crippen LogP contribution in [-0.4, -0.2) is 24.5 Å². The zero-order chi connectivity index (χ0) is 5.70. The summed E-state index contributed by atoms with van der Waals surface area (Å²) in [4.78, 5) is 18.9. The minimum Gasteiger partial charge on any atom is -0.489 e. The van der Waals surface area contributed by atoms with Gasteiger partial charge in [0.15, 0.2) is 6.29 Å². The van der Waals surface area contributed by atoms with Crippen molar-refractivity contribution in [3.8, 4) is 0 Å². The van der Waals surface area contributed by atoms with Gasteiger partial charge in [0.1, 0.15) is 0 Å². The first-order valence-corrected chi connectivity index (χ1v) is 1.84. The highest BCUT2D eigenvalue weighted by Crippen LogP contribution is 1.70. The fraction of sp³-hybridized carbons (Fsp3) is 0.333. The Kier molecular flexibility index (Phi) is 3.01. The van der Waals surface area contributed by atoms with Crippen molar-refractivity contribution in [2.75, 3.05) is 0 Å². The topological polar surface area (TPSA) is 54.4 Å². The van der Waals surface area contributed by atoms with E-state index in [9.17, 15) is 9.59 Å². The van der Waals surface area contributed by atoms with E-state index in [1.165, 1.54) is 6.29 Å². The van der Waals surface area contributed by atoms with Crippen molar-refractivity contribution in [3.05, 3.63) is 0 Å². The molecule has 0 aromatic carbocycles. The SMILES string of the molecule is O=[C]CBC(=O)O. The smallest absolute Gasteiger partial charge is 0.267 e. The first-order chi connectivity index (χ1) is 3.27. The summed E-state index contributed by atoms with van der Waals surface area (Å²) in [5.41, 5.74) is 0. The average molecular weight is 98.9 g/mol. The molecule has 0 heterocycles. The second kappa shape index (κ2) is 3.40. The van der Waals surface area contributed by atoms with Crippen LogP contribution < -0.4 is 0 Å². The zero-order valence-electron chi connectivity index (χ0n) is 3.68. The molecule has 0 aliphatic rings. The number of carboxylic acid groups (broad SMARTS) is 1. The Morgan fingerprint density at radius 3 is 2.57 bits per heavy atom. The third-order valence-electron chi connectivity index (χ3n) is 0.441. The largest absolute Gasteiger partial charge is 0.489 e. The van der Waals surface area contributed by atoms with Gasteiger partial charge >= 0.3 is 0 Å². The highest BCUT2D eigenvalue weighted by molar-refractivity contribution is 6.73. The molecule has 0 bridgehead atoms. The van der Waals surface area contributed by atoms with Crippen molar-refractivity contribution in [1.29, 1.82) is 0 Å². The van der Waals surface area contributed by atoms with E-state index < -0.39 is 5.87 Å². The maximum atomic E-state index is 9.58. The number of rotatable bonds is 3. The van der Waals surface area contributed by atoms with Crippen LogP contribution in [0.15, 0.2) is 0 Å². The Morgan fingerprint density at radius 2 is 2.43 bits per heavy atom. The third kappa shape index (κ3) is 5.20. The van der Waals surface area contributed by atoms with E-state index in [1.807, 2.05) is 0 Å². The second-order valence-corrected chi connectivity index (χ2v) is 1.04. The third-order valence-corrected chi connectivity index (χ3v) is 0.441. The van der Waals surface area contributed by atoms with Gasteiger partial charge in [-0.2, -0.15) is 0 Å². The number of hydrogen-bond acceptors (Lipinski definition) is 2. The van der Waals surface area contributed by atoms with Crippen LogP contribution in [-0.2, 0) is 4.79 Å². The first kappa shape index (κ1) is 6.20. The maximum absolute atomic E-state index is 9.58. The summed E-state index contributed by atoms with van der Waals surface area (Å²) in [6.07, 6.45) is 1.46. The summed E-state index contributed by atoms with van der Waals surface area (Å²) in [6.45, 7) is 0. The van der Waals surface area contributed by atoms with Gasteiger partial charge in [0.2, 0.25) is 5.87 Å². The lowest BCUT2D eigenvalue weighted by molar-refractivity contribution is 0.220. The van der Waals surface area contributed by atoms with Gasteiger partial charge in [0, 0.05) is 6.32 Å². The van der Waals surface area contributed by atoms with Gasteiger partial charge in [-0.25, -0.2) is 0 Å². The Balaban J connectivity index is 2.97. The first-order valence-electron chi connectivity index (χ1n) is 1.84. The van der Waals surface area contributed by atoms with Crippen molar-refractivity contribution in [2.24, 2.45) is 0 Å². The van der Waals surface area contributed by atoms with Crippen molar-refractivity contribution >= 4 is 19.4 Å². The van der Waals surface area contributed by atoms with E-state index in [4.69, 9.17) is 5.11 Å². The van der Waals surface area contributed by atoms with E-state index in [-0.39, 0.29) is 13.6 Å². The van der Waals surface area contributed by atoms with E-state index in [0.717, 1.165) is 0 Å². The van der Waals surface area contributed by atoms with E-state index in [2.05, 4.69) is 0 Å². The Bertz CT molecular complexity index is 80.2. The summed E-state index contributed by atoms with van der Waals surface area (Å²) < 4.78 is 0. The number of hydrogen-bond donors (Lipinski definition) is 1. The summed E-state index contributed by atoms with van der Waals surface area (Å²) in [5, 5.41) is 7.87. The minimum absolute atomic E-state index is 0.00463. The zero-order valence-corrected chi connectivity index (χ0v) is 3.68. The number of carbonyl (C=O) groups excluding carboxylic acids is 1. The Hall–Kier alpha value is -0.795. The van der Waals surface area contributed by atoms with Crippen LogP contribution in [0.25, 0.3) is 0 Å². The molecule has 0 aliphatic carbocycles. The van der Waals surface area contributed by atoms with E-state index in [0.29, 0.717) is 0 Å². The van der Waals surface area contributed by atoms with Crippen molar-refractivity contribution in [3.63, 3.8) is 0 Å². The van der Waals surface area contributed by atoms with Crippen molar-refractivity contribution in [2.45, 2.75) is 6.32 Å². The molecule has 7 heavy (non-hydrogen) atoms. The molecule has 0 fully saturated rings. The molecule has 0 aromatic rings. The van der Waals surface area contributed by atoms with E-state index in [1.54, 1.807) is 0 Å². The monoisotopic (exact) mass is 99.0 g/mol. The maximum Gasteiger partial charge on any atom is 0.267 e. The molecule has 0 amide bonds. The second-order valence-electron chi connectivity index (χ2n) is 1.04. The minimum atomic E-state index is -0.955. The summed E-state index contributed by atoms with van der Waals surface area (Å²) >= 11 is 0. The fourth-order valence-electron chi connectivity index (χ4n) is 0.158. The standard InChI is InChI=1S/C3H4BO3/c5-2-1-4-3(6)7/h4H,1H2,(H,6,7). The normalized spacial score (nSPS) is 7.43. The molecule has 0 saturated carbocycles. The molecule has 0 rings (SSSR count). The van der Waals surface area contributed by atoms with Crippen LogP contribution in [0, 0.1) is 0 Å². The molecule has 0 saturated heterocycles. The van der Waals surface area contributed by atoms with Gasteiger partial charge in [-0.15, -0.1) is 0 Å². The molecule has 1 N–H and O–H groups in total. The predicted molar refractivity (Wildman–Crippen MR) is 25.7 cm³/mol. The van der Waals surface area contributed by atoms with Gasteiger partial charge < -0.3 is 5.11 Å². The highest BCUT2D eigenvalue weighted by atomic mass is 16.4. The predicted octanol–water partition coefficient (Wildman–Crippen LogP) is -0.371. The van der Waals surface area contributed by atoms with Crippen LogP contribution >= 0.6 is 0 Å². The lowest BCUT2D eigenvalue weighted by atomic mass is 9.76. The van der Waals surface area contributed by atoms with Crippen molar-refractivity contribution < 1.29 is 14.7 Å². The van der Waals surface area contributed by atoms with E-state index >= 15 is 0 Å². The molecular weight excluding hydrogens is 94.8 g/mol. The van der Waals surface area contributed by atoms with Crippen LogP contribution in [0.3, 0.4) is 0 Å². The summed E-state index contributed by atoms with van der Waals surface area (Å²) in [5.74, 6) is -0.955. The van der Waals surface area contributed by atoms with Gasteiger partial charge in [0.25, 0.3) is 7.28 Å². The summed E-state index contributed by atoms with van der Waals surface area (Å²) in [6, 6.07) is 0. The lowest BCUT2D eigenvalue weighted by Gasteiger charge is -1.76. The molecule has 3 nitrogen and oxygen atoms in total. The molecule has 0 unspecified atom stereocenters. The summed E-state index contributed by atoms with van der Waals surface area (Å²) in [7, 11) is -0.108. The molecule has 0 aliphatic heterocycles. The molecule has 0 spiro atoms. The van der Waals surface area contributed by atoms with Gasteiger partial charge in [0.05, 0.1) is 0 Å². The molecular formula is C3H4BO3. The lowest BCUT2D eigenvalue weighted by Crippen LogP contribution is -2.03. The van der Waals surface area contributed by atoms with Gasteiger partial charge in [-0.05, 0) is 0 Å². The highest BCUT2D eigenvalue weighted by Gasteiger charge is 1.96. The van der Waals surface area contributed by atoms with Crippen molar-refractivity contribution in [1.82, 2.24) is 0 Å². The Morgan fingerprint density at radius 1 is 1.86 bits per heavy atom. The van der Waals surface area contributed by atoms with Crippen LogP contribution in [0.5, 0.6) is 0 Å². The van der Waals surface area contributed by atoms with Crippen LogP contribution in [0.2, 0.25) is 6.32 Å². The van der Waals surface area contributed by atoms with Gasteiger partial charge in [-0.1, -0.05) is 0 Å². The van der Waals surface area contributed by atoms with Crippen LogP contribution in [0.4, 0.5) is 4.79 Å². The molecule has 37 valence electrons. The average Bonchev–Trinajstić information content (AvgIpc) is 1.61. The fourth-order valence-corrected chi connectivity index (χ4v) is 0.158. The molecule has 0 aromatic heterocycles. The molecule has 1 radical (unpaired) electrons. The molecule has 4 heteroatoms.